The predicted molar refractivity (Wildman–Crippen MR) is 101 cm³/mol. The number of benzene rings is 2. The zero-order chi connectivity index (χ0) is 19.7. The van der Waals surface area contributed by atoms with Crippen LogP contribution in [0.1, 0.15) is 36.0 Å². The molecule has 2 atom stereocenters. The summed E-state index contributed by atoms with van der Waals surface area (Å²) in [5.41, 5.74) is 2.11. The number of hydrogen-bond donors (Lipinski definition) is 0. The van der Waals surface area contributed by atoms with Crippen LogP contribution in [0.5, 0.6) is 0 Å². The molecule has 28 heavy (non-hydrogen) atoms. The summed E-state index contributed by atoms with van der Waals surface area (Å²) in [7, 11) is 0. The lowest BCUT2D eigenvalue weighted by Gasteiger charge is -2.32. The Kier molecular flexibility index (Phi) is 4.72. The molecular formula is C23H18F3NO. The molecular weight excluding hydrogens is 363 g/mol. The zero-order valence-electron chi connectivity index (χ0n) is 15.0. The summed E-state index contributed by atoms with van der Waals surface area (Å²) in [4.78, 5) is 14.5. The van der Waals surface area contributed by atoms with E-state index in [9.17, 15) is 18.0 Å². The van der Waals surface area contributed by atoms with E-state index in [-0.39, 0.29) is 18.0 Å². The van der Waals surface area contributed by atoms with Crippen molar-refractivity contribution in [3.8, 4) is 11.8 Å². The largest absolute Gasteiger partial charge is 0.416 e. The molecule has 1 saturated heterocycles. The molecule has 1 fully saturated rings. The molecule has 1 amide bonds. The third-order valence-corrected chi connectivity index (χ3v) is 5.30. The second-order valence-electron chi connectivity index (χ2n) is 7.10. The molecule has 2 nitrogen and oxygen atoms in total. The zero-order valence-corrected chi connectivity index (χ0v) is 15.0. The van der Waals surface area contributed by atoms with Gasteiger partial charge in [0.15, 0.2) is 0 Å². The van der Waals surface area contributed by atoms with Gasteiger partial charge in [0, 0.05) is 17.5 Å². The molecule has 0 aromatic heterocycles. The molecule has 2 aliphatic rings. The van der Waals surface area contributed by atoms with Gasteiger partial charge in [0.2, 0.25) is 0 Å². The number of fused-ring (bicyclic) bond motifs is 2. The number of nitrogens with zero attached hydrogens (tertiary/aromatic N) is 1. The van der Waals surface area contributed by atoms with E-state index in [4.69, 9.17) is 0 Å². The van der Waals surface area contributed by atoms with Gasteiger partial charge in [-0.25, -0.2) is 0 Å². The van der Waals surface area contributed by atoms with Crippen molar-refractivity contribution in [1.29, 1.82) is 0 Å². The number of hydrogen-bond acceptors (Lipinski definition) is 1. The predicted octanol–water partition coefficient (Wildman–Crippen LogP) is 4.90. The smallest absolute Gasteiger partial charge is 0.322 e. The van der Waals surface area contributed by atoms with Crippen molar-refractivity contribution >= 4 is 11.5 Å². The molecule has 0 radical (unpaired) electrons. The van der Waals surface area contributed by atoms with Crippen molar-refractivity contribution in [2.24, 2.45) is 0 Å². The second kappa shape index (κ2) is 7.20. The van der Waals surface area contributed by atoms with E-state index in [1.807, 2.05) is 23.1 Å². The molecule has 2 heterocycles. The van der Waals surface area contributed by atoms with E-state index in [0.717, 1.165) is 31.4 Å². The molecule has 0 N–H and O–H groups in total. The number of carbonyl (C=O) groups is 1. The maximum Gasteiger partial charge on any atom is 0.416 e. The molecule has 4 rings (SSSR count). The number of alkyl halides is 3. The first kappa shape index (κ1) is 18.4. The standard InChI is InChI=1S/C23H18F3NO/c24-23(25,26)19-9-6-16(7-10-19)8-13-22(28)27-20-11-12-21(27)15-18(14-20)17-4-2-1-3-5-17/h1-7,9-10,14,20-21H,11-12,15H2. The molecule has 2 aromatic rings. The molecule has 5 heteroatoms. The minimum atomic E-state index is -4.38. The van der Waals surface area contributed by atoms with Gasteiger partial charge in [-0.1, -0.05) is 42.3 Å². The molecule has 2 aliphatic heterocycles. The maximum atomic E-state index is 12.6. The second-order valence-corrected chi connectivity index (χ2v) is 7.10. The molecule has 2 aromatic carbocycles. The number of carbonyl (C=O) groups excluding carboxylic acids is 1. The highest BCUT2D eigenvalue weighted by molar-refractivity contribution is 5.95. The SMILES string of the molecule is O=C(C#Cc1ccc(C(F)(F)F)cc1)N1C2C=C(c3ccccc3)CC1CC2. The van der Waals surface area contributed by atoms with Gasteiger partial charge in [0.05, 0.1) is 11.6 Å². The highest BCUT2D eigenvalue weighted by atomic mass is 19.4. The fourth-order valence-electron chi connectivity index (χ4n) is 3.95. The van der Waals surface area contributed by atoms with Crippen molar-refractivity contribution in [1.82, 2.24) is 4.90 Å². The van der Waals surface area contributed by atoms with Gasteiger partial charge in [0.25, 0.3) is 5.91 Å². The minimum Gasteiger partial charge on any atom is -0.322 e. The number of halogens is 3. The number of amides is 1. The Hall–Kier alpha value is -3.00. The monoisotopic (exact) mass is 381 g/mol. The van der Waals surface area contributed by atoms with Crippen LogP contribution in [0.2, 0.25) is 0 Å². The van der Waals surface area contributed by atoms with Crippen molar-refractivity contribution < 1.29 is 18.0 Å². The minimum absolute atomic E-state index is 0.0309. The molecule has 142 valence electrons. The lowest BCUT2D eigenvalue weighted by molar-refractivity contribution is -0.137. The molecule has 0 saturated carbocycles. The van der Waals surface area contributed by atoms with Crippen molar-refractivity contribution in [2.75, 3.05) is 0 Å². The van der Waals surface area contributed by atoms with Crippen LogP contribution in [0, 0.1) is 11.8 Å². The Morgan fingerprint density at radius 3 is 2.36 bits per heavy atom. The third kappa shape index (κ3) is 3.68. The topological polar surface area (TPSA) is 20.3 Å². The Labute approximate surface area is 161 Å². The van der Waals surface area contributed by atoms with E-state index in [1.165, 1.54) is 23.3 Å². The lowest BCUT2D eigenvalue weighted by Crippen LogP contribution is -2.42. The summed E-state index contributed by atoms with van der Waals surface area (Å²) < 4.78 is 37.9. The average Bonchev–Trinajstić information content (AvgIpc) is 2.96. The lowest BCUT2D eigenvalue weighted by atomic mass is 9.95. The normalized spacial score (nSPS) is 21.0. The molecule has 2 unspecified atom stereocenters. The number of rotatable bonds is 1. The van der Waals surface area contributed by atoms with Crippen LogP contribution in [0.3, 0.4) is 0 Å². The van der Waals surface area contributed by atoms with Crippen LogP contribution < -0.4 is 0 Å². The van der Waals surface area contributed by atoms with Crippen LogP contribution >= 0.6 is 0 Å². The van der Waals surface area contributed by atoms with Crippen molar-refractivity contribution in [2.45, 2.75) is 37.5 Å². The summed E-state index contributed by atoms with van der Waals surface area (Å²) in [5, 5.41) is 0. The van der Waals surface area contributed by atoms with E-state index < -0.39 is 11.7 Å². The van der Waals surface area contributed by atoms with E-state index in [1.54, 1.807) is 0 Å². The fraction of sp³-hybridized carbons (Fsp3) is 0.261. The summed E-state index contributed by atoms with van der Waals surface area (Å²) in [6, 6.07) is 14.8. The summed E-state index contributed by atoms with van der Waals surface area (Å²) in [6.07, 6.45) is 0.419. The van der Waals surface area contributed by atoms with Gasteiger partial charge in [-0.05, 0) is 54.7 Å². The van der Waals surface area contributed by atoms with Crippen LogP contribution in [-0.2, 0) is 11.0 Å². The highest BCUT2D eigenvalue weighted by Crippen LogP contribution is 2.38. The molecule has 2 bridgehead atoms. The Balaban J connectivity index is 1.50. The van der Waals surface area contributed by atoms with Crippen LogP contribution in [-0.4, -0.2) is 22.9 Å². The molecule has 0 aliphatic carbocycles. The Bertz CT molecular complexity index is 965. The van der Waals surface area contributed by atoms with Crippen LogP contribution in [0.25, 0.3) is 5.57 Å². The van der Waals surface area contributed by atoms with Crippen molar-refractivity contribution in [3.63, 3.8) is 0 Å². The maximum absolute atomic E-state index is 12.6. The van der Waals surface area contributed by atoms with Gasteiger partial charge in [-0.2, -0.15) is 13.2 Å². The quantitative estimate of drug-likeness (QED) is 0.643. The van der Waals surface area contributed by atoms with Gasteiger partial charge in [-0.15, -0.1) is 0 Å². The first-order chi connectivity index (χ1) is 13.4. The Morgan fingerprint density at radius 2 is 1.71 bits per heavy atom. The average molecular weight is 381 g/mol. The van der Waals surface area contributed by atoms with E-state index in [0.29, 0.717) is 5.56 Å². The van der Waals surface area contributed by atoms with E-state index in [2.05, 4.69) is 30.0 Å². The van der Waals surface area contributed by atoms with Crippen molar-refractivity contribution in [3.05, 3.63) is 77.4 Å². The van der Waals surface area contributed by atoms with Gasteiger partial charge < -0.3 is 4.90 Å². The Morgan fingerprint density at radius 1 is 1.00 bits per heavy atom. The fourth-order valence-corrected chi connectivity index (χ4v) is 3.95. The molecule has 0 spiro atoms. The summed E-state index contributed by atoms with van der Waals surface area (Å²) >= 11 is 0. The first-order valence-electron chi connectivity index (χ1n) is 9.19. The van der Waals surface area contributed by atoms with Crippen LogP contribution in [0.15, 0.2) is 60.7 Å². The highest BCUT2D eigenvalue weighted by Gasteiger charge is 2.39. The first-order valence-corrected chi connectivity index (χ1v) is 9.19. The van der Waals surface area contributed by atoms with E-state index >= 15 is 0 Å². The van der Waals surface area contributed by atoms with Gasteiger partial charge in [0.1, 0.15) is 0 Å². The van der Waals surface area contributed by atoms with Crippen LogP contribution in [0.4, 0.5) is 13.2 Å². The van der Waals surface area contributed by atoms with Gasteiger partial charge in [-0.3, -0.25) is 4.79 Å². The summed E-state index contributed by atoms with van der Waals surface area (Å²) in [5.74, 6) is 5.04. The summed E-state index contributed by atoms with van der Waals surface area (Å²) in [6.45, 7) is 0. The third-order valence-electron chi connectivity index (χ3n) is 5.30. The van der Waals surface area contributed by atoms with Gasteiger partial charge >= 0.3 is 6.18 Å².